The molecule has 0 fully saturated rings. The normalized spacial score (nSPS) is 12.3. The quantitative estimate of drug-likeness (QED) is 0.360. The molecule has 4 aromatic rings. The summed E-state index contributed by atoms with van der Waals surface area (Å²) in [6.45, 7) is 2.53. The Kier molecular flexibility index (Phi) is 6.72. The number of fused-ring (bicyclic) bond motifs is 1. The lowest BCUT2D eigenvalue weighted by Gasteiger charge is -2.16. The van der Waals surface area contributed by atoms with Crippen LogP contribution in [0.3, 0.4) is 0 Å². The molecule has 188 valence electrons. The van der Waals surface area contributed by atoms with E-state index in [2.05, 4.69) is 25.3 Å². The van der Waals surface area contributed by atoms with Gasteiger partial charge >= 0.3 is 0 Å². The average Bonchev–Trinajstić information content (AvgIpc) is 3.47. The number of nitrogens with zero attached hydrogens (tertiary/aromatic N) is 5. The number of methoxy groups -OCH3 is 2. The highest BCUT2D eigenvalue weighted by molar-refractivity contribution is 7.16. The number of aromatic nitrogens is 4. The van der Waals surface area contributed by atoms with Gasteiger partial charge in [0.15, 0.2) is 5.13 Å². The zero-order valence-corrected chi connectivity index (χ0v) is 21.7. The molecule has 5 rings (SSSR count). The minimum atomic E-state index is -0.377. The number of anilines is 1. The van der Waals surface area contributed by atoms with Gasteiger partial charge in [0.1, 0.15) is 16.5 Å². The highest BCUT2D eigenvalue weighted by Gasteiger charge is 2.30. The molecule has 4 aromatic heterocycles. The number of nitrogens with one attached hydrogen (secondary N) is 1. The summed E-state index contributed by atoms with van der Waals surface area (Å²) in [5, 5.41) is 3.58. The molecule has 1 aliphatic rings. The zero-order valence-electron chi connectivity index (χ0n) is 20.1. The maximum atomic E-state index is 13.3. The van der Waals surface area contributed by atoms with Crippen molar-refractivity contribution in [1.82, 2.24) is 24.8 Å². The van der Waals surface area contributed by atoms with E-state index in [1.54, 1.807) is 35.4 Å². The van der Waals surface area contributed by atoms with Crippen LogP contribution >= 0.6 is 22.9 Å². The Labute approximate surface area is 221 Å². The summed E-state index contributed by atoms with van der Waals surface area (Å²) in [4.78, 5) is 45.9. The highest BCUT2D eigenvalue weighted by atomic mass is 35.5. The van der Waals surface area contributed by atoms with Crippen LogP contribution in [0, 0.1) is 6.92 Å². The van der Waals surface area contributed by atoms with E-state index in [9.17, 15) is 9.59 Å². The van der Waals surface area contributed by atoms with Crippen LogP contribution in [0.5, 0.6) is 11.6 Å². The molecule has 0 aromatic carbocycles. The van der Waals surface area contributed by atoms with Gasteiger partial charge in [-0.05, 0) is 31.2 Å². The molecular weight excluding hydrogens is 516 g/mol. The first-order valence-electron chi connectivity index (χ1n) is 11.1. The summed E-state index contributed by atoms with van der Waals surface area (Å²) in [6.07, 6.45) is 4.59. The largest absolute Gasteiger partial charge is 0.494 e. The molecule has 0 bridgehead atoms. The maximum absolute atomic E-state index is 13.3. The first kappa shape index (κ1) is 24.6. The number of hydrogen-bond donors (Lipinski definition) is 1. The van der Waals surface area contributed by atoms with Crippen LogP contribution in [0.4, 0.5) is 5.13 Å². The number of amides is 2. The van der Waals surface area contributed by atoms with Crippen molar-refractivity contribution in [2.45, 2.75) is 20.0 Å². The van der Waals surface area contributed by atoms with Gasteiger partial charge in [-0.2, -0.15) is 0 Å². The Bertz CT molecular complexity index is 1500. The molecule has 0 unspecified atom stereocenters. The summed E-state index contributed by atoms with van der Waals surface area (Å²) in [5.74, 6) is 0.185. The topological polar surface area (TPSA) is 119 Å². The molecule has 2 amide bonds. The van der Waals surface area contributed by atoms with Crippen LogP contribution in [-0.4, -0.2) is 50.9 Å². The van der Waals surface area contributed by atoms with Crippen LogP contribution in [0.25, 0.3) is 11.1 Å². The Morgan fingerprint density at radius 2 is 1.89 bits per heavy atom. The number of halogens is 1. The molecule has 1 N–H and O–H groups in total. The van der Waals surface area contributed by atoms with Crippen LogP contribution in [0.2, 0.25) is 5.15 Å². The molecule has 1 aliphatic heterocycles. The van der Waals surface area contributed by atoms with Crippen molar-refractivity contribution in [3.63, 3.8) is 0 Å². The lowest BCUT2D eigenvalue weighted by Crippen LogP contribution is -2.26. The van der Waals surface area contributed by atoms with Crippen molar-refractivity contribution >= 4 is 39.9 Å². The first-order valence-corrected chi connectivity index (χ1v) is 12.3. The fraction of sp³-hybridized carbons (Fsp3) is 0.200. The van der Waals surface area contributed by atoms with E-state index in [-0.39, 0.29) is 22.8 Å². The molecule has 10 nitrogen and oxygen atoms in total. The second kappa shape index (κ2) is 10.1. The van der Waals surface area contributed by atoms with E-state index in [1.165, 1.54) is 38.0 Å². The summed E-state index contributed by atoms with van der Waals surface area (Å²) < 4.78 is 10.7. The predicted octanol–water partition coefficient (Wildman–Crippen LogP) is 4.38. The van der Waals surface area contributed by atoms with E-state index in [4.69, 9.17) is 21.1 Å². The second-order valence-corrected chi connectivity index (χ2v) is 9.61. The van der Waals surface area contributed by atoms with Crippen LogP contribution < -0.4 is 14.8 Å². The fourth-order valence-corrected chi connectivity index (χ4v) is 5.18. The van der Waals surface area contributed by atoms with Crippen molar-refractivity contribution in [3.8, 4) is 22.8 Å². The van der Waals surface area contributed by atoms with Crippen LogP contribution in [0.1, 0.15) is 37.0 Å². The standard InChI is InChI=1S/C25H21ClN6O4S/c1-13-7-15(16-8-21(26)29-10-19(16)35-2)17(9-28-13)22(33)31-25-30-18-11-32(12-20(18)37-25)24(34)14-5-4-6-27-23(14)36-3/h4-10H,11-12H2,1-3H3,(H,30,31,33). The van der Waals surface area contributed by atoms with Crippen LogP contribution in [0.15, 0.2) is 42.9 Å². The van der Waals surface area contributed by atoms with Gasteiger partial charge in [0.05, 0.1) is 49.6 Å². The van der Waals surface area contributed by atoms with Gasteiger partial charge in [-0.25, -0.2) is 15.0 Å². The van der Waals surface area contributed by atoms with E-state index in [0.717, 1.165) is 16.3 Å². The molecule has 37 heavy (non-hydrogen) atoms. The number of aryl methyl sites for hydroxylation is 1. The third-order valence-corrected chi connectivity index (χ3v) is 6.99. The van der Waals surface area contributed by atoms with Crippen molar-refractivity contribution in [2.75, 3.05) is 19.5 Å². The van der Waals surface area contributed by atoms with Gasteiger partial charge in [-0.3, -0.25) is 19.9 Å². The van der Waals surface area contributed by atoms with Crippen LogP contribution in [-0.2, 0) is 13.1 Å². The van der Waals surface area contributed by atoms with E-state index in [1.807, 2.05) is 6.92 Å². The number of hydrogen-bond acceptors (Lipinski definition) is 9. The lowest BCUT2D eigenvalue weighted by atomic mass is 10.0. The van der Waals surface area contributed by atoms with E-state index < -0.39 is 0 Å². The lowest BCUT2D eigenvalue weighted by molar-refractivity contribution is 0.0746. The van der Waals surface area contributed by atoms with Gasteiger partial charge in [0, 0.05) is 29.2 Å². The number of carbonyl (C=O) groups is 2. The summed E-state index contributed by atoms with van der Waals surface area (Å²) in [7, 11) is 3.00. The Balaban J connectivity index is 1.36. The Morgan fingerprint density at radius 1 is 1.05 bits per heavy atom. The predicted molar refractivity (Wildman–Crippen MR) is 138 cm³/mol. The second-order valence-electron chi connectivity index (χ2n) is 8.14. The minimum Gasteiger partial charge on any atom is -0.494 e. The molecule has 0 atom stereocenters. The van der Waals surface area contributed by atoms with Gasteiger partial charge in [0.2, 0.25) is 5.88 Å². The molecule has 12 heteroatoms. The van der Waals surface area contributed by atoms with Gasteiger partial charge in [-0.1, -0.05) is 22.9 Å². The Hall–Kier alpha value is -4.09. The molecule has 0 saturated carbocycles. The summed E-state index contributed by atoms with van der Waals surface area (Å²) >= 11 is 7.45. The van der Waals surface area contributed by atoms with Crippen molar-refractivity contribution < 1.29 is 19.1 Å². The molecule has 0 spiro atoms. The van der Waals surface area contributed by atoms with Gasteiger partial charge in [-0.15, -0.1) is 0 Å². The molecule has 0 radical (unpaired) electrons. The highest BCUT2D eigenvalue weighted by Crippen LogP contribution is 2.36. The summed E-state index contributed by atoms with van der Waals surface area (Å²) in [5.41, 5.74) is 3.42. The van der Waals surface area contributed by atoms with E-state index >= 15 is 0 Å². The van der Waals surface area contributed by atoms with Crippen molar-refractivity contribution in [1.29, 1.82) is 0 Å². The van der Waals surface area contributed by atoms with Crippen molar-refractivity contribution in [3.05, 3.63) is 75.4 Å². The maximum Gasteiger partial charge on any atom is 0.260 e. The number of pyridine rings is 3. The number of carbonyl (C=O) groups excluding carboxylic acids is 2. The molecule has 5 heterocycles. The number of ether oxygens (including phenoxy) is 2. The third kappa shape index (κ3) is 4.83. The third-order valence-electron chi connectivity index (χ3n) is 5.79. The Morgan fingerprint density at radius 3 is 2.65 bits per heavy atom. The zero-order chi connectivity index (χ0) is 26.1. The van der Waals surface area contributed by atoms with E-state index in [0.29, 0.717) is 46.2 Å². The monoisotopic (exact) mass is 536 g/mol. The molecule has 0 aliphatic carbocycles. The first-order chi connectivity index (χ1) is 17.9. The number of thiazole rings is 1. The minimum absolute atomic E-state index is 0.193. The SMILES string of the molecule is COc1cnc(Cl)cc1-c1cc(C)ncc1C(=O)Nc1nc2c(s1)CN(C(=O)c1cccnc1OC)C2. The molecule has 0 saturated heterocycles. The molecular formula is C25H21ClN6O4S. The fourth-order valence-electron chi connectivity index (χ4n) is 4.04. The van der Waals surface area contributed by atoms with Crippen molar-refractivity contribution in [2.24, 2.45) is 0 Å². The average molecular weight is 537 g/mol. The van der Waals surface area contributed by atoms with Gasteiger partial charge in [0.25, 0.3) is 11.8 Å². The smallest absolute Gasteiger partial charge is 0.260 e. The number of rotatable bonds is 6. The van der Waals surface area contributed by atoms with Gasteiger partial charge < -0.3 is 14.4 Å². The summed E-state index contributed by atoms with van der Waals surface area (Å²) in [6, 6.07) is 6.81.